The Labute approximate surface area is 166 Å². The van der Waals surface area contributed by atoms with Crippen LogP contribution in [0.3, 0.4) is 0 Å². The fraction of sp³-hybridized carbons (Fsp3) is 0.0588. The number of thiazole rings is 1. The molecule has 3 rings (SSSR count). The van der Waals surface area contributed by atoms with E-state index in [2.05, 4.69) is 32.9 Å². The van der Waals surface area contributed by atoms with Gasteiger partial charge in [0.1, 0.15) is 0 Å². The van der Waals surface area contributed by atoms with Crippen LogP contribution in [0.15, 0.2) is 53.9 Å². The summed E-state index contributed by atoms with van der Waals surface area (Å²) in [6.07, 6.45) is 0. The standard InChI is InChI=1S/C17H12IN3O4S/c18-12-7-5-11(6-8-12)13-10-26-17(19-13)20-16(22)9-25-15-4-2-1-3-14(15)21(23)24/h1-8,10H,9H2,(H,19,20,22). The lowest BCUT2D eigenvalue weighted by Gasteiger charge is -2.06. The average molecular weight is 481 g/mol. The third-order valence-electron chi connectivity index (χ3n) is 3.31. The molecule has 0 atom stereocenters. The van der Waals surface area contributed by atoms with E-state index in [0.29, 0.717) is 5.13 Å². The van der Waals surface area contributed by atoms with Gasteiger partial charge in [-0.05, 0) is 40.8 Å². The molecule has 0 saturated heterocycles. The molecule has 0 aliphatic rings. The molecule has 1 heterocycles. The molecule has 9 heteroatoms. The van der Waals surface area contributed by atoms with Crippen molar-refractivity contribution >= 4 is 50.7 Å². The van der Waals surface area contributed by atoms with Crippen molar-refractivity contribution in [1.82, 2.24) is 4.98 Å². The quantitative estimate of drug-likeness (QED) is 0.321. The van der Waals surface area contributed by atoms with Gasteiger partial charge >= 0.3 is 5.69 Å². The van der Waals surface area contributed by atoms with Crippen LogP contribution in [0.25, 0.3) is 11.3 Å². The minimum absolute atomic E-state index is 0.0476. The Balaban J connectivity index is 1.61. The van der Waals surface area contributed by atoms with Gasteiger partial charge in [-0.2, -0.15) is 0 Å². The number of hydrogen-bond acceptors (Lipinski definition) is 6. The van der Waals surface area contributed by atoms with Gasteiger partial charge in [-0.15, -0.1) is 11.3 Å². The second-order valence-corrected chi connectivity index (χ2v) is 7.21. The molecule has 0 radical (unpaired) electrons. The van der Waals surface area contributed by atoms with Crippen LogP contribution in [0.5, 0.6) is 5.75 Å². The van der Waals surface area contributed by atoms with Crippen LogP contribution in [-0.4, -0.2) is 22.4 Å². The Morgan fingerprint density at radius 3 is 2.69 bits per heavy atom. The minimum Gasteiger partial charge on any atom is -0.477 e. The van der Waals surface area contributed by atoms with Crippen molar-refractivity contribution in [3.63, 3.8) is 0 Å². The SMILES string of the molecule is O=C(COc1ccccc1[N+](=O)[O-])Nc1nc(-c2ccc(I)cc2)cs1. The first-order chi connectivity index (χ1) is 12.5. The molecule has 1 amide bonds. The summed E-state index contributed by atoms with van der Waals surface area (Å²) in [5.41, 5.74) is 1.54. The maximum absolute atomic E-state index is 12.0. The van der Waals surface area contributed by atoms with E-state index in [1.165, 1.54) is 29.5 Å². The highest BCUT2D eigenvalue weighted by molar-refractivity contribution is 14.1. The Morgan fingerprint density at radius 1 is 1.23 bits per heavy atom. The van der Waals surface area contributed by atoms with Crippen molar-refractivity contribution < 1.29 is 14.5 Å². The van der Waals surface area contributed by atoms with Gasteiger partial charge in [0, 0.05) is 20.6 Å². The van der Waals surface area contributed by atoms with Crippen molar-refractivity contribution in [2.24, 2.45) is 0 Å². The number of nitrogens with zero attached hydrogens (tertiary/aromatic N) is 2. The van der Waals surface area contributed by atoms with Gasteiger partial charge < -0.3 is 4.74 Å². The van der Waals surface area contributed by atoms with Gasteiger partial charge in [0.25, 0.3) is 5.91 Å². The molecule has 7 nitrogen and oxygen atoms in total. The number of carbonyl (C=O) groups excluding carboxylic acids is 1. The third-order valence-corrected chi connectivity index (χ3v) is 4.79. The number of ether oxygens (including phenoxy) is 1. The Hall–Kier alpha value is -2.53. The van der Waals surface area contributed by atoms with Gasteiger partial charge in [0.05, 0.1) is 10.6 Å². The van der Waals surface area contributed by atoms with Gasteiger partial charge in [-0.3, -0.25) is 20.2 Å². The molecule has 26 heavy (non-hydrogen) atoms. The maximum Gasteiger partial charge on any atom is 0.310 e. The summed E-state index contributed by atoms with van der Waals surface area (Å²) in [4.78, 5) is 26.8. The second kappa shape index (κ2) is 8.23. The number of nitro benzene ring substituents is 1. The summed E-state index contributed by atoms with van der Waals surface area (Å²) in [6.45, 7) is -0.344. The minimum atomic E-state index is -0.554. The zero-order valence-corrected chi connectivity index (χ0v) is 16.2. The molecule has 0 fully saturated rings. The van der Waals surface area contributed by atoms with Gasteiger partial charge in [0.2, 0.25) is 0 Å². The molecule has 1 aromatic heterocycles. The molecule has 1 N–H and O–H groups in total. The highest BCUT2D eigenvalue weighted by Gasteiger charge is 2.15. The highest BCUT2D eigenvalue weighted by atomic mass is 127. The van der Waals surface area contributed by atoms with Crippen LogP contribution >= 0.6 is 33.9 Å². The number of aromatic nitrogens is 1. The van der Waals surface area contributed by atoms with E-state index in [4.69, 9.17) is 4.74 Å². The number of hydrogen-bond donors (Lipinski definition) is 1. The first-order valence-corrected chi connectivity index (χ1v) is 9.36. The second-order valence-electron chi connectivity index (χ2n) is 5.11. The lowest BCUT2D eigenvalue weighted by Crippen LogP contribution is -2.20. The number of rotatable bonds is 6. The number of amides is 1. The van der Waals surface area contributed by atoms with E-state index < -0.39 is 10.8 Å². The molecule has 0 aliphatic heterocycles. The van der Waals surface area contributed by atoms with E-state index in [9.17, 15) is 14.9 Å². The zero-order valence-electron chi connectivity index (χ0n) is 13.2. The van der Waals surface area contributed by atoms with Crippen LogP contribution in [0.1, 0.15) is 0 Å². The predicted octanol–water partition coefficient (Wildman–Crippen LogP) is 4.34. The number of nitrogens with one attached hydrogen (secondary N) is 1. The molecule has 0 saturated carbocycles. The summed E-state index contributed by atoms with van der Waals surface area (Å²) in [6, 6.07) is 13.8. The first-order valence-electron chi connectivity index (χ1n) is 7.40. The molecule has 0 unspecified atom stereocenters. The molecule has 0 spiro atoms. The Bertz CT molecular complexity index is 943. The lowest BCUT2D eigenvalue weighted by molar-refractivity contribution is -0.385. The fourth-order valence-corrected chi connectivity index (χ4v) is 3.21. The smallest absolute Gasteiger partial charge is 0.310 e. The van der Waals surface area contributed by atoms with Gasteiger partial charge in [-0.1, -0.05) is 24.3 Å². The number of halogens is 1. The molecule has 3 aromatic rings. The van der Waals surface area contributed by atoms with Crippen molar-refractivity contribution in [3.8, 4) is 17.0 Å². The van der Waals surface area contributed by atoms with Gasteiger partial charge in [0.15, 0.2) is 17.5 Å². The van der Waals surface area contributed by atoms with Crippen LogP contribution in [-0.2, 0) is 4.79 Å². The number of benzene rings is 2. The largest absolute Gasteiger partial charge is 0.477 e. The van der Waals surface area contributed by atoms with Crippen LogP contribution in [0.2, 0.25) is 0 Å². The van der Waals surface area contributed by atoms with Gasteiger partial charge in [-0.25, -0.2) is 4.98 Å². The van der Waals surface area contributed by atoms with E-state index in [-0.39, 0.29) is 18.0 Å². The molecular formula is C17H12IN3O4S. The molecule has 0 bridgehead atoms. The average Bonchev–Trinajstić information content (AvgIpc) is 3.09. The number of para-hydroxylation sites is 2. The van der Waals surface area contributed by atoms with Crippen molar-refractivity contribution in [2.75, 3.05) is 11.9 Å². The van der Waals surface area contributed by atoms with Crippen molar-refractivity contribution in [1.29, 1.82) is 0 Å². The summed E-state index contributed by atoms with van der Waals surface area (Å²) in [5.74, 6) is -0.391. The van der Waals surface area contributed by atoms with Crippen molar-refractivity contribution in [2.45, 2.75) is 0 Å². The lowest BCUT2D eigenvalue weighted by atomic mass is 10.2. The topological polar surface area (TPSA) is 94.4 Å². The summed E-state index contributed by atoms with van der Waals surface area (Å²) in [7, 11) is 0. The van der Waals surface area contributed by atoms with Crippen LogP contribution < -0.4 is 10.1 Å². The van der Waals surface area contributed by atoms with E-state index in [1.54, 1.807) is 6.07 Å². The van der Waals surface area contributed by atoms with Crippen molar-refractivity contribution in [3.05, 3.63) is 67.6 Å². The van der Waals surface area contributed by atoms with E-state index in [0.717, 1.165) is 14.8 Å². The number of nitro groups is 1. The molecule has 0 aliphatic carbocycles. The fourth-order valence-electron chi connectivity index (χ4n) is 2.11. The van der Waals surface area contributed by atoms with Crippen LogP contribution in [0.4, 0.5) is 10.8 Å². The monoisotopic (exact) mass is 481 g/mol. The molecular weight excluding hydrogens is 469 g/mol. The molecule has 2 aromatic carbocycles. The van der Waals surface area contributed by atoms with E-state index >= 15 is 0 Å². The third kappa shape index (κ3) is 4.55. The zero-order chi connectivity index (χ0) is 18.5. The summed E-state index contributed by atoms with van der Waals surface area (Å²) in [5, 5.41) is 15.9. The van der Waals surface area contributed by atoms with Crippen LogP contribution in [0, 0.1) is 13.7 Å². The summed E-state index contributed by atoms with van der Waals surface area (Å²) >= 11 is 3.52. The Morgan fingerprint density at radius 2 is 1.96 bits per heavy atom. The number of carbonyl (C=O) groups is 1. The first kappa shape index (κ1) is 18.3. The predicted molar refractivity (Wildman–Crippen MR) is 107 cm³/mol. The maximum atomic E-state index is 12.0. The summed E-state index contributed by atoms with van der Waals surface area (Å²) < 4.78 is 6.39. The Kier molecular flexibility index (Phi) is 5.78. The van der Waals surface area contributed by atoms with E-state index in [1.807, 2.05) is 29.6 Å². The normalized spacial score (nSPS) is 10.3. The highest BCUT2D eigenvalue weighted by Crippen LogP contribution is 2.27. The molecule has 132 valence electrons. The number of anilines is 1.